The van der Waals surface area contributed by atoms with Gasteiger partial charge in [0.2, 0.25) is 0 Å². The van der Waals surface area contributed by atoms with Crippen molar-refractivity contribution in [2.45, 2.75) is 52.4 Å². The Morgan fingerprint density at radius 2 is 2.15 bits per heavy atom. The Hall–Kier alpha value is -2.54. The van der Waals surface area contributed by atoms with Crippen LogP contribution in [0.25, 0.3) is 0 Å². The van der Waals surface area contributed by atoms with E-state index in [1.165, 1.54) is 12.3 Å². The van der Waals surface area contributed by atoms with E-state index in [4.69, 9.17) is 4.74 Å². The van der Waals surface area contributed by atoms with E-state index in [0.29, 0.717) is 17.7 Å². The molecule has 0 saturated carbocycles. The minimum atomic E-state index is -1.87. The molecule has 3 rings (SSSR count). The van der Waals surface area contributed by atoms with Gasteiger partial charge < -0.3 is 14.4 Å². The molecule has 1 N–H and O–H groups in total. The van der Waals surface area contributed by atoms with Gasteiger partial charge in [0.1, 0.15) is 6.61 Å². The second-order valence-electron chi connectivity index (χ2n) is 7.54. The molecule has 1 aromatic rings. The van der Waals surface area contributed by atoms with E-state index >= 15 is 0 Å². The summed E-state index contributed by atoms with van der Waals surface area (Å²) in [6, 6.07) is 1.33. The average molecular weight is 374 g/mol. The highest BCUT2D eigenvalue weighted by molar-refractivity contribution is 5.85. The van der Waals surface area contributed by atoms with Crippen molar-refractivity contribution in [1.29, 1.82) is 0 Å². The van der Waals surface area contributed by atoms with E-state index in [1.54, 1.807) is 17.6 Å². The Labute approximate surface area is 156 Å². The number of pyridine rings is 1. The third-order valence-corrected chi connectivity index (χ3v) is 5.58. The van der Waals surface area contributed by atoms with Crippen LogP contribution in [0, 0.1) is 5.41 Å². The predicted molar refractivity (Wildman–Crippen MR) is 99.1 cm³/mol. The van der Waals surface area contributed by atoms with Gasteiger partial charge >= 0.3 is 5.97 Å². The Balaban J connectivity index is 2.33. The van der Waals surface area contributed by atoms with Crippen molar-refractivity contribution in [2.24, 2.45) is 10.4 Å². The average Bonchev–Trinajstić information content (AvgIpc) is 2.61. The minimum Gasteiger partial charge on any atom is -0.458 e. The van der Waals surface area contributed by atoms with E-state index in [-0.39, 0.29) is 35.8 Å². The maximum atomic E-state index is 13.2. The smallest absolute Gasteiger partial charge is 0.343 e. The molecule has 7 heteroatoms. The maximum Gasteiger partial charge on any atom is 0.343 e. The van der Waals surface area contributed by atoms with Gasteiger partial charge in [-0.1, -0.05) is 26.8 Å². The zero-order valence-electron chi connectivity index (χ0n) is 15.8. The first-order valence-electron chi connectivity index (χ1n) is 8.88. The normalized spacial score (nSPS) is 28.6. The van der Waals surface area contributed by atoms with Crippen molar-refractivity contribution < 1.29 is 19.0 Å². The zero-order chi connectivity index (χ0) is 20.0. The van der Waals surface area contributed by atoms with E-state index in [9.17, 15) is 19.1 Å². The number of hydrogen-bond donors (Lipinski definition) is 1. The third-order valence-electron chi connectivity index (χ3n) is 5.58. The largest absolute Gasteiger partial charge is 0.458 e. The van der Waals surface area contributed by atoms with Crippen LogP contribution < -0.4 is 5.56 Å². The van der Waals surface area contributed by atoms with Gasteiger partial charge in [-0.15, -0.1) is 0 Å². The monoisotopic (exact) mass is 374 g/mol. The molecule has 2 aliphatic rings. The van der Waals surface area contributed by atoms with Crippen molar-refractivity contribution in [1.82, 2.24) is 4.57 Å². The molecule has 0 fully saturated rings. The molecule has 1 aromatic heterocycles. The summed E-state index contributed by atoms with van der Waals surface area (Å²) in [7, 11) is 0. The van der Waals surface area contributed by atoms with Crippen molar-refractivity contribution in [2.75, 3.05) is 0 Å². The van der Waals surface area contributed by atoms with Crippen LogP contribution in [0.3, 0.4) is 0 Å². The fraction of sp³-hybridized carbons (Fsp3) is 0.450. The summed E-state index contributed by atoms with van der Waals surface area (Å²) < 4.78 is 19.4. The number of rotatable bonds is 2. The molecule has 0 aromatic carbocycles. The molecule has 1 unspecified atom stereocenters. The number of halogens is 1. The lowest BCUT2D eigenvalue weighted by Crippen LogP contribution is -2.46. The first-order valence-corrected chi connectivity index (χ1v) is 8.88. The molecule has 6 nitrogen and oxygen atoms in total. The Morgan fingerprint density at radius 1 is 1.44 bits per heavy atom. The molecular formula is C20H23FN2O4. The molecule has 0 spiro atoms. The summed E-state index contributed by atoms with van der Waals surface area (Å²) in [5.74, 6) is -0.765. The molecule has 0 amide bonds. The second-order valence-corrected chi connectivity index (χ2v) is 7.54. The summed E-state index contributed by atoms with van der Waals surface area (Å²) in [5.41, 5.74) is -1.31. The van der Waals surface area contributed by atoms with E-state index in [2.05, 4.69) is 4.99 Å². The van der Waals surface area contributed by atoms with Crippen LogP contribution in [0.1, 0.15) is 57.0 Å². The Kier molecular flexibility index (Phi) is 4.67. The van der Waals surface area contributed by atoms with Crippen molar-refractivity contribution >= 4 is 12.2 Å². The van der Waals surface area contributed by atoms with Crippen LogP contribution in [-0.4, -0.2) is 21.9 Å². The highest BCUT2D eigenvalue weighted by atomic mass is 19.1. The molecule has 0 aliphatic carbocycles. The minimum absolute atomic E-state index is 0.0790. The highest BCUT2D eigenvalue weighted by Crippen LogP contribution is 2.38. The highest BCUT2D eigenvalue weighted by Gasteiger charge is 2.45. The van der Waals surface area contributed by atoms with E-state index < -0.39 is 17.0 Å². The Morgan fingerprint density at radius 3 is 2.78 bits per heavy atom. The van der Waals surface area contributed by atoms with Gasteiger partial charge in [0.05, 0.1) is 29.5 Å². The molecular weight excluding hydrogens is 351 g/mol. The number of esters is 1. The lowest BCUT2D eigenvalue weighted by molar-refractivity contribution is -0.172. The van der Waals surface area contributed by atoms with Crippen LogP contribution >= 0.6 is 0 Å². The SMILES string of the molecule is CC[C@@]1(O)C(=O)OCc2c1cc1n(c2=O)C(C)C(C)(C)/C=C(\C=C\F)N=C1. The van der Waals surface area contributed by atoms with Gasteiger partial charge in [-0.25, -0.2) is 9.18 Å². The molecule has 144 valence electrons. The van der Waals surface area contributed by atoms with Crippen molar-refractivity contribution in [3.8, 4) is 0 Å². The Bertz CT molecular complexity index is 942. The molecule has 2 atom stereocenters. The van der Waals surface area contributed by atoms with Gasteiger partial charge in [0.25, 0.3) is 5.56 Å². The summed E-state index contributed by atoms with van der Waals surface area (Å²) in [5, 5.41) is 10.8. The van der Waals surface area contributed by atoms with Gasteiger partial charge in [-0.2, -0.15) is 0 Å². The number of aliphatic imine (C=N–C) groups is 1. The first-order chi connectivity index (χ1) is 12.7. The number of aromatic nitrogens is 1. The lowest BCUT2D eigenvalue weighted by atomic mass is 9.82. The molecule has 3 heterocycles. The molecule has 0 bridgehead atoms. The number of carbonyl (C=O) groups is 1. The van der Waals surface area contributed by atoms with E-state index in [1.807, 2.05) is 26.8 Å². The summed E-state index contributed by atoms with van der Waals surface area (Å²) in [6.07, 6.45) is 5.00. The van der Waals surface area contributed by atoms with Gasteiger partial charge in [0, 0.05) is 17.0 Å². The molecule has 0 saturated heterocycles. The summed E-state index contributed by atoms with van der Waals surface area (Å²) >= 11 is 0. The number of fused-ring (bicyclic) bond motifs is 2. The van der Waals surface area contributed by atoms with Crippen LogP contribution in [0.4, 0.5) is 4.39 Å². The van der Waals surface area contributed by atoms with Crippen LogP contribution in [-0.2, 0) is 21.7 Å². The number of carbonyl (C=O) groups excluding carboxylic acids is 1. The number of hydrogen-bond acceptors (Lipinski definition) is 5. The van der Waals surface area contributed by atoms with Crippen LogP contribution in [0.2, 0.25) is 0 Å². The number of allylic oxidation sites excluding steroid dienone is 2. The third kappa shape index (κ3) is 2.96. The number of ether oxygens (including phenoxy) is 1. The lowest BCUT2D eigenvalue weighted by Gasteiger charge is -2.36. The first kappa shape index (κ1) is 19.2. The standard InChI is InChI=1S/C20H23FN2O4/c1-5-20(26)16-8-14-10-22-13(6-7-21)9-19(3,4)12(2)23(14)17(24)15(16)11-27-18(20)25/h6-10,12,26H,5,11H2,1-4H3/b7-6+,13-9+,22-10?/t12?,20-/m0/s1. The maximum absolute atomic E-state index is 13.2. The predicted octanol–water partition coefficient (Wildman–Crippen LogP) is 2.89. The van der Waals surface area contributed by atoms with Gasteiger partial charge in [0.15, 0.2) is 5.60 Å². The topological polar surface area (TPSA) is 80.9 Å². The van der Waals surface area contributed by atoms with Crippen molar-refractivity contribution in [3.05, 3.63) is 57.4 Å². The van der Waals surface area contributed by atoms with Gasteiger partial charge in [-0.05, 0) is 25.5 Å². The van der Waals surface area contributed by atoms with Crippen molar-refractivity contribution in [3.63, 3.8) is 0 Å². The number of cyclic esters (lactones) is 1. The molecule has 0 radical (unpaired) electrons. The van der Waals surface area contributed by atoms with Gasteiger partial charge in [-0.3, -0.25) is 9.79 Å². The zero-order valence-corrected chi connectivity index (χ0v) is 15.8. The quantitative estimate of drug-likeness (QED) is 0.807. The second kappa shape index (κ2) is 6.56. The number of aliphatic hydroxyl groups is 1. The van der Waals surface area contributed by atoms with Crippen LogP contribution in [0.5, 0.6) is 0 Å². The number of nitrogens with zero attached hydrogens (tertiary/aromatic N) is 2. The van der Waals surface area contributed by atoms with Crippen LogP contribution in [0.15, 0.2) is 40.0 Å². The summed E-state index contributed by atoms with van der Waals surface area (Å²) in [6.45, 7) is 7.23. The fourth-order valence-electron chi connectivity index (χ4n) is 3.56. The molecule has 27 heavy (non-hydrogen) atoms. The van der Waals surface area contributed by atoms with E-state index in [0.717, 1.165) is 0 Å². The molecule has 2 aliphatic heterocycles. The fourth-order valence-corrected chi connectivity index (χ4v) is 3.56. The summed E-state index contributed by atoms with van der Waals surface area (Å²) in [4.78, 5) is 29.7.